The standard InChI is InChI=1S/C13H20O3S/c14-8-5-10-16-13-7-2-1-6-12(13)15-9-3-4-11-17/h1-2,6-7,14,17H,3-5,8-11H2. The van der Waals surface area contributed by atoms with Gasteiger partial charge in [-0.15, -0.1) is 0 Å². The number of ether oxygens (including phenoxy) is 2. The zero-order chi connectivity index (χ0) is 12.3. The smallest absolute Gasteiger partial charge is 0.161 e. The third kappa shape index (κ3) is 5.84. The van der Waals surface area contributed by atoms with E-state index in [4.69, 9.17) is 14.6 Å². The summed E-state index contributed by atoms with van der Waals surface area (Å²) in [5.41, 5.74) is 0. The van der Waals surface area contributed by atoms with Gasteiger partial charge in [0.25, 0.3) is 0 Å². The fraction of sp³-hybridized carbons (Fsp3) is 0.538. The van der Waals surface area contributed by atoms with E-state index < -0.39 is 0 Å². The molecule has 0 aliphatic heterocycles. The highest BCUT2D eigenvalue weighted by atomic mass is 32.1. The summed E-state index contributed by atoms with van der Waals surface area (Å²) in [5.74, 6) is 2.40. The van der Waals surface area contributed by atoms with Gasteiger partial charge in [-0.1, -0.05) is 12.1 Å². The highest BCUT2D eigenvalue weighted by Gasteiger charge is 2.03. The molecule has 0 saturated carbocycles. The lowest BCUT2D eigenvalue weighted by Gasteiger charge is -2.12. The van der Waals surface area contributed by atoms with Gasteiger partial charge in [0.2, 0.25) is 0 Å². The molecule has 4 heteroatoms. The molecule has 3 nitrogen and oxygen atoms in total. The molecule has 1 rings (SSSR count). The van der Waals surface area contributed by atoms with Gasteiger partial charge in [0.15, 0.2) is 11.5 Å². The first-order chi connectivity index (χ1) is 8.38. The first-order valence-electron chi connectivity index (χ1n) is 5.95. The highest BCUT2D eigenvalue weighted by Crippen LogP contribution is 2.26. The molecule has 0 radical (unpaired) electrons. The lowest BCUT2D eigenvalue weighted by atomic mass is 10.3. The van der Waals surface area contributed by atoms with Crippen LogP contribution in [0.25, 0.3) is 0 Å². The van der Waals surface area contributed by atoms with Crippen molar-refractivity contribution in [2.24, 2.45) is 0 Å². The van der Waals surface area contributed by atoms with Gasteiger partial charge in [0.1, 0.15) is 0 Å². The molecule has 0 bridgehead atoms. The van der Waals surface area contributed by atoms with Crippen LogP contribution in [0.5, 0.6) is 11.5 Å². The van der Waals surface area contributed by atoms with Gasteiger partial charge < -0.3 is 14.6 Å². The predicted octanol–water partition coefficient (Wildman–Crippen LogP) is 2.54. The van der Waals surface area contributed by atoms with Crippen molar-refractivity contribution in [2.45, 2.75) is 19.3 Å². The summed E-state index contributed by atoms with van der Waals surface area (Å²) < 4.78 is 11.2. The van der Waals surface area contributed by atoms with Crippen molar-refractivity contribution >= 4 is 12.6 Å². The van der Waals surface area contributed by atoms with Crippen molar-refractivity contribution in [1.82, 2.24) is 0 Å². The Kier molecular flexibility index (Phi) is 7.67. The summed E-state index contributed by atoms with van der Waals surface area (Å²) in [5, 5.41) is 8.70. The van der Waals surface area contributed by atoms with Gasteiger partial charge in [-0.2, -0.15) is 12.6 Å². The molecule has 0 unspecified atom stereocenters. The second kappa shape index (κ2) is 9.19. The molecule has 0 saturated heterocycles. The molecule has 0 heterocycles. The Morgan fingerprint density at radius 1 is 0.941 bits per heavy atom. The van der Waals surface area contributed by atoms with Crippen molar-refractivity contribution in [3.8, 4) is 11.5 Å². The topological polar surface area (TPSA) is 38.7 Å². The summed E-state index contributed by atoms with van der Waals surface area (Å²) in [4.78, 5) is 0. The summed E-state index contributed by atoms with van der Waals surface area (Å²) in [6.07, 6.45) is 2.68. The molecule has 96 valence electrons. The highest BCUT2D eigenvalue weighted by molar-refractivity contribution is 7.80. The van der Waals surface area contributed by atoms with Crippen LogP contribution in [0.3, 0.4) is 0 Å². The zero-order valence-corrected chi connectivity index (χ0v) is 10.9. The number of hydrogen-bond acceptors (Lipinski definition) is 4. The summed E-state index contributed by atoms with van der Waals surface area (Å²) >= 11 is 4.15. The maximum Gasteiger partial charge on any atom is 0.161 e. The second-order valence-electron chi connectivity index (χ2n) is 3.65. The lowest BCUT2D eigenvalue weighted by Crippen LogP contribution is -2.03. The van der Waals surface area contributed by atoms with E-state index in [1.54, 1.807) is 0 Å². The van der Waals surface area contributed by atoms with E-state index in [-0.39, 0.29) is 6.61 Å². The average molecular weight is 256 g/mol. The first-order valence-corrected chi connectivity index (χ1v) is 6.58. The molecule has 1 N–H and O–H groups in total. The molecule has 0 atom stereocenters. The first kappa shape index (κ1) is 14.2. The predicted molar refractivity (Wildman–Crippen MR) is 72.2 cm³/mol. The number of aliphatic hydroxyl groups is 1. The maximum absolute atomic E-state index is 8.70. The van der Waals surface area contributed by atoms with Crippen LogP contribution in [0, 0.1) is 0 Å². The monoisotopic (exact) mass is 256 g/mol. The third-order valence-corrected chi connectivity index (χ3v) is 2.54. The van der Waals surface area contributed by atoms with E-state index in [0.29, 0.717) is 19.6 Å². The summed E-state index contributed by atoms with van der Waals surface area (Å²) in [7, 11) is 0. The SMILES string of the molecule is OCCCOc1ccccc1OCCCCS. The number of rotatable bonds is 9. The van der Waals surface area contributed by atoms with Gasteiger partial charge in [0.05, 0.1) is 13.2 Å². The molecule has 0 aliphatic carbocycles. The molecule has 0 spiro atoms. The van der Waals surface area contributed by atoms with Crippen molar-refractivity contribution < 1.29 is 14.6 Å². The lowest BCUT2D eigenvalue weighted by molar-refractivity contribution is 0.222. The average Bonchev–Trinajstić information content (AvgIpc) is 2.36. The van der Waals surface area contributed by atoms with Crippen molar-refractivity contribution in [2.75, 3.05) is 25.6 Å². The Balaban J connectivity index is 2.40. The number of para-hydroxylation sites is 2. The van der Waals surface area contributed by atoms with E-state index in [0.717, 1.165) is 30.1 Å². The van der Waals surface area contributed by atoms with Crippen LogP contribution in [0.4, 0.5) is 0 Å². The maximum atomic E-state index is 8.70. The van der Waals surface area contributed by atoms with Gasteiger partial charge in [-0.05, 0) is 30.7 Å². The van der Waals surface area contributed by atoms with Gasteiger partial charge in [-0.3, -0.25) is 0 Å². The molecule has 17 heavy (non-hydrogen) atoms. The van der Waals surface area contributed by atoms with Gasteiger partial charge in [0, 0.05) is 13.0 Å². The molecule has 1 aromatic rings. The van der Waals surface area contributed by atoms with E-state index >= 15 is 0 Å². The minimum atomic E-state index is 0.144. The molecular formula is C13H20O3S. The van der Waals surface area contributed by atoms with Crippen LogP contribution < -0.4 is 9.47 Å². The Morgan fingerprint density at radius 3 is 2.06 bits per heavy atom. The normalized spacial score (nSPS) is 10.2. The second-order valence-corrected chi connectivity index (χ2v) is 4.10. The molecule has 0 aliphatic rings. The van der Waals surface area contributed by atoms with Crippen molar-refractivity contribution in [1.29, 1.82) is 0 Å². The Hall–Kier alpha value is -0.870. The molecular weight excluding hydrogens is 236 g/mol. The van der Waals surface area contributed by atoms with Crippen LogP contribution in [0.1, 0.15) is 19.3 Å². The molecule has 0 aromatic heterocycles. The van der Waals surface area contributed by atoms with E-state index in [1.807, 2.05) is 24.3 Å². The number of hydrogen-bond donors (Lipinski definition) is 2. The zero-order valence-electron chi connectivity index (χ0n) is 9.97. The van der Waals surface area contributed by atoms with Crippen molar-refractivity contribution in [3.63, 3.8) is 0 Å². The Labute approximate surface area is 108 Å². The van der Waals surface area contributed by atoms with Crippen LogP contribution in [0.2, 0.25) is 0 Å². The van der Waals surface area contributed by atoms with E-state index in [2.05, 4.69) is 12.6 Å². The Bertz CT molecular complexity index is 304. The quantitative estimate of drug-likeness (QED) is 0.527. The number of thiol groups is 1. The van der Waals surface area contributed by atoms with Crippen LogP contribution in [-0.4, -0.2) is 30.7 Å². The van der Waals surface area contributed by atoms with Gasteiger partial charge in [-0.25, -0.2) is 0 Å². The van der Waals surface area contributed by atoms with Gasteiger partial charge >= 0.3 is 0 Å². The Morgan fingerprint density at radius 2 is 1.53 bits per heavy atom. The number of aliphatic hydroxyl groups excluding tert-OH is 1. The molecule has 1 aromatic carbocycles. The fourth-order valence-corrected chi connectivity index (χ4v) is 1.55. The van der Waals surface area contributed by atoms with Crippen LogP contribution in [-0.2, 0) is 0 Å². The van der Waals surface area contributed by atoms with E-state index in [1.165, 1.54) is 0 Å². The van der Waals surface area contributed by atoms with E-state index in [9.17, 15) is 0 Å². The number of benzene rings is 1. The van der Waals surface area contributed by atoms with Crippen LogP contribution in [0.15, 0.2) is 24.3 Å². The van der Waals surface area contributed by atoms with Crippen LogP contribution >= 0.6 is 12.6 Å². The largest absolute Gasteiger partial charge is 0.490 e. The molecule has 0 amide bonds. The third-order valence-electron chi connectivity index (χ3n) is 2.22. The summed E-state index contributed by atoms with van der Waals surface area (Å²) in [6, 6.07) is 7.61. The summed E-state index contributed by atoms with van der Waals surface area (Å²) in [6.45, 7) is 1.33. The van der Waals surface area contributed by atoms with Crippen molar-refractivity contribution in [3.05, 3.63) is 24.3 Å². The minimum absolute atomic E-state index is 0.144. The number of unbranched alkanes of at least 4 members (excludes halogenated alkanes) is 1. The fourth-order valence-electron chi connectivity index (χ4n) is 1.33. The molecule has 0 fully saturated rings. The minimum Gasteiger partial charge on any atom is -0.490 e.